The van der Waals surface area contributed by atoms with Gasteiger partial charge in [-0.05, 0) is 36.6 Å². The van der Waals surface area contributed by atoms with Gasteiger partial charge in [-0.2, -0.15) is 0 Å². The molecular formula is C21H24N4O. The van der Waals surface area contributed by atoms with Crippen LogP contribution in [0.15, 0.2) is 65.8 Å². The first-order valence-electron chi connectivity index (χ1n) is 8.84. The van der Waals surface area contributed by atoms with E-state index in [1.807, 2.05) is 67.7 Å². The van der Waals surface area contributed by atoms with E-state index < -0.39 is 0 Å². The van der Waals surface area contributed by atoms with Crippen LogP contribution in [0.4, 0.5) is 11.4 Å². The number of nitrogens with one attached hydrogen (secondary N) is 1. The fourth-order valence-electron chi connectivity index (χ4n) is 3.10. The summed E-state index contributed by atoms with van der Waals surface area (Å²) in [4.78, 5) is 19.3. The molecule has 1 atom stereocenters. The van der Waals surface area contributed by atoms with Crippen LogP contribution in [0.3, 0.4) is 0 Å². The smallest absolute Gasteiger partial charge is 0.238 e. The second-order valence-electron chi connectivity index (χ2n) is 6.34. The van der Waals surface area contributed by atoms with Crippen molar-refractivity contribution in [1.82, 2.24) is 5.32 Å². The number of nitrogens with two attached hydrogens (primary N) is 1. The van der Waals surface area contributed by atoms with Crippen LogP contribution in [0.5, 0.6) is 0 Å². The maximum atomic E-state index is 12.8. The Hall–Kier alpha value is -3.08. The Morgan fingerprint density at radius 2 is 1.92 bits per heavy atom. The van der Waals surface area contributed by atoms with Gasteiger partial charge in [0, 0.05) is 18.4 Å². The zero-order valence-electron chi connectivity index (χ0n) is 15.1. The van der Waals surface area contributed by atoms with Gasteiger partial charge in [-0.15, -0.1) is 0 Å². The molecule has 0 bridgehead atoms. The van der Waals surface area contributed by atoms with Crippen molar-refractivity contribution < 1.29 is 4.79 Å². The van der Waals surface area contributed by atoms with Gasteiger partial charge in [0.15, 0.2) is 0 Å². The molecule has 26 heavy (non-hydrogen) atoms. The highest BCUT2D eigenvalue weighted by Crippen LogP contribution is 2.33. The van der Waals surface area contributed by atoms with Gasteiger partial charge >= 0.3 is 0 Å². The summed E-state index contributed by atoms with van der Waals surface area (Å²) in [6, 6.07) is 15.6. The van der Waals surface area contributed by atoms with Gasteiger partial charge in [-0.25, -0.2) is 4.99 Å². The number of fused-ring (bicyclic) bond motifs is 1. The summed E-state index contributed by atoms with van der Waals surface area (Å²) in [7, 11) is 0. The molecule has 5 nitrogen and oxygen atoms in total. The van der Waals surface area contributed by atoms with E-state index in [0.717, 1.165) is 35.5 Å². The fraction of sp³-hybridized carbons (Fsp3) is 0.238. The summed E-state index contributed by atoms with van der Waals surface area (Å²) < 4.78 is 0. The first-order chi connectivity index (χ1) is 12.6. The van der Waals surface area contributed by atoms with E-state index in [1.165, 1.54) is 0 Å². The molecule has 0 spiro atoms. The molecule has 134 valence electrons. The highest BCUT2D eigenvalue weighted by Gasteiger charge is 2.26. The molecule has 2 aromatic carbocycles. The number of benzene rings is 2. The number of hydrogen-bond acceptors (Lipinski definition) is 3. The first kappa shape index (κ1) is 17.7. The van der Waals surface area contributed by atoms with Gasteiger partial charge in [0.2, 0.25) is 11.9 Å². The van der Waals surface area contributed by atoms with E-state index in [0.29, 0.717) is 0 Å². The van der Waals surface area contributed by atoms with E-state index >= 15 is 0 Å². The molecule has 0 aliphatic carbocycles. The van der Waals surface area contributed by atoms with Crippen LogP contribution < -0.4 is 16.0 Å². The number of guanidine groups is 1. The first-order valence-corrected chi connectivity index (χ1v) is 8.84. The zero-order valence-corrected chi connectivity index (χ0v) is 15.1. The number of carbonyl (C=O) groups excluding carboxylic acids is 1. The van der Waals surface area contributed by atoms with Crippen LogP contribution in [0.25, 0.3) is 0 Å². The summed E-state index contributed by atoms with van der Waals surface area (Å²) in [5, 5.41) is 2.73. The third-order valence-electron chi connectivity index (χ3n) is 4.39. The molecule has 3 rings (SSSR count). The molecule has 0 aromatic heterocycles. The highest BCUT2D eigenvalue weighted by molar-refractivity contribution is 6.01. The second kappa shape index (κ2) is 7.87. The van der Waals surface area contributed by atoms with Gasteiger partial charge < -0.3 is 10.6 Å². The number of amides is 1. The number of nitrogens with zero attached hydrogens (tertiary/aromatic N) is 2. The predicted molar refractivity (Wildman–Crippen MR) is 107 cm³/mol. The van der Waals surface area contributed by atoms with E-state index in [2.05, 4.69) is 22.1 Å². The molecule has 0 radical (unpaired) electrons. The van der Waals surface area contributed by atoms with Gasteiger partial charge in [0.1, 0.15) is 0 Å². The van der Waals surface area contributed by atoms with Crippen molar-refractivity contribution >= 4 is 23.2 Å². The molecule has 0 saturated carbocycles. The van der Waals surface area contributed by atoms with Crippen molar-refractivity contribution in [2.45, 2.75) is 26.2 Å². The van der Waals surface area contributed by atoms with Crippen LogP contribution in [0, 0.1) is 6.92 Å². The van der Waals surface area contributed by atoms with Crippen LogP contribution >= 0.6 is 0 Å². The summed E-state index contributed by atoms with van der Waals surface area (Å²) in [6.45, 7) is 5.01. The molecule has 5 heteroatoms. The lowest BCUT2D eigenvalue weighted by Gasteiger charge is -2.29. The molecule has 0 saturated heterocycles. The molecule has 3 N–H and O–H groups in total. The zero-order chi connectivity index (χ0) is 18.5. The maximum absolute atomic E-state index is 12.8. The number of hydrogen-bond donors (Lipinski definition) is 2. The number of carbonyl (C=O) groups is 1. The lowest BCUT2D eigenvalue weighted by atomic mass is 9.93. The third-order valence-corrected chi connectivity index (χ3v) is 4.39. The Labute approximate surface area is 154 Å². The lowest BCUT2D eigenvalue weighted by molar-refractivity contribution is -0.120. The molecule has 1 amide bonds. The molecule has 1 unspecified atom stereocenters. The predicted octanol–water partition coefficient (Wildman–Crippen LogP) is 3.58. The topological polar surface area (TPSA) is 70.7 Å². The molecule has 2 aromatic rings. The van der Waals surface area contributed by atoms with Crippen LogP contribution in [-0.4, -0.2) is 18.4 Å². The maximum Gasteiger partial charge on any atom is 0.238 e. The SMILES string of the molecule is CCCN1C=CC(C(=O)NC(N)=Nc2ccccc2C)c2ccccc21. The minimum absolute atomic E-state index is 0.103. The van der Waals surface area contributed by atoms with Gasteiger partial charge in [-0.3, -0.25) is 10.1 Å². The van der Waals surface area contributed by atoms with Crippen LogP contribution in [0.1, 0.15) is 30.4 Å². The summed E-state index contributed by atoms with van der Waals surface area (Å²) in [6.07, 6.45) is 4.92. The van der Waals surface area contributed by atoms with Crippen LogP contribution in [0.2, 0.25) is 0 Å². The molecule has 0 fully saturated rings. The Bertz CT molecular complexity index is 857. The van der Waals surface area contributed by atoms with E-state index in [1.54, 1.807) is 0 Å². The van der Waals surface area contributed by atoms with Crippen molar-refractivity contribution in [3.05, 3.63) is 71.9 Å². The number of para-hydroxylation sites is 2. The minimum Gasteiger partial charge on any atom is -0.369 e. The highest BCUT2D eigenvalue weighted by atomic mass is 16.2. The lowest BCUT2D eigenvalue weighted by Crippen LogP contribution is -2.40. The van der Waals surface area contributed by atoms with Gasteiger partial charge in [0.05, 0.1) is 11.6 Å². The van der Waals surface area contributed by atoms with E-state index in [4.69, 9.17) is 5.73 Å². The van der Waals surface area contributed by atoms with Crippen molar-refractivity contribution in [2.24, 2.45) is 10.7 Å². The van der Waals surface area contributed by atoms with Crippen molar-refractivity contribution in [3.8, 4) is 0 Å². The molecule has 1 aliphatic heterocycles. The monoisotopic (exact) mass is 348 g/mol. The van der Waals surface area contributed by atoms with Gasteiger partial charge in [0.25, 0.3) is 0 Å². The summed E-state index contributed by atoms with van der Waals surface area (Å²) in [5.41, 5.74) is 9.75. The second-order valence-corrected chi connectivity index (χ2v) is 6.34. The summed E-state index contributed by atoms with van der Waals surface area (Å²) >= 11 is 0. The van der Waals surface area contributed by atoms with E-state index in [-0.39, 0.29) is 17.8 Å². The van der Waals surface area contributed by atoms with Crippen molar-refractivity contribution in [1.29, 1.82) is 0 Å². The summed E-state index contributed by atoms with van der Waals surface area (Å²) in [5.74, 6) is -0.462. The Kier molecular flexibility index (Phi) is 5.37. The standard InChI is InChI=1S/C21H24N4O/c1-3-13-25-14-12-17(16-9-5-7-11-19(16)25)20(26)24-21(22)23-18-10-6-4-8-15(18)2/h4-12,14,17H,3,13H2,1-2H3,(H3,22,23,24,26). The molecular weight excluding hydrogens is 324 g/mol. The normalized spacial score (nSPS) is 16.3. The largest absolute Gasteiger partial charge is 0.369 e. The Balaban J connectivity index is 1.80. The Morgan fingerprint density at radius 3 is 2.69 bits per heavy atom. The number of rotatable bonds is 4. The number of aryl methyl sites for hydroxylation is 1. The van der Waals surface area contributed by atoms with Crippen molar-refractivity contribution in [3.63, 3.8) is 0 Å². The van der Waals surface area contributed by atoms with Gasteiger partial charge in [-0.1, -0.05) is 49.4 Å². The minimum atomic E-state index is -0.384. The van der Waals surface area contributed by atoms with E-state index in [9.17, 15) is 4.79 Å². The Morgan fingerprint density at radius 1 is 1.19 bits per heavy atom. The quantitative estimate of drug-likeness (QED) is 0.655. The average molecular weight is 348 g/mol. The number of anilines is 1. The average Bonchev–Trinajstić information content (AvgIpc) is 2.64. The van der Waals surface area contributed by atoms with Crippen molar-refractivity contribution in [2.75, 3.05) is 11.4 Å². The molecule has 1 aliphatic rings. The third kappa shape index (κ3) is 3.77. The number of aliphatic imine (C=N–C) groups is 1. The van der Waals surface area contributed by atoms with Crippen LogP contribution in [-0.2, 0) is 4.79 Å². The molecule has 1 heterocycles. The fourth-order valence-corrected chi connectivity index (χ4v) is 3.10.